The normalized spacial score (nSPS) is 12.4. The first-order valence-electron chi connectivity index (χ1n) is 3.71. The third-order valence-electron chi connectivity index (χ3n) is 1.87. The highest BCUT2D eigenvalue weighted by Crippen LogP contribution is 2.21. The molecule has 0 fully saturated rings. The molecule has 0 atom stereocenters. The third-order valence-corrected chi connectivity index (χ3v) is 1.87. The average Bonchev–Trinajstić information content (AvgIpc) is 1.89. The smallest absolute Gasteiger partial charge is 0.160 e. The van der Waals surface area contributed by atoms with Crippen molar-refractivity contribution in [1.29, 1.82) is 0 Å². The second-order valence-corrected chi connectivity index (χ2v) is 3.10. The second kappa shape index (κ2) is 3.55. The van der Waals surface area contributed by atoms with Gasteiger partial charge in [0.15, 0.2) is 5.78 Å². The van der Waals surface area contributed by atoms with E-state index in [0.29, 0.717) is 0 Å². The summed E-state index contributed by atoms with van der Waals surface area (Å²) in [5.41, 5.74) is -0.174. The van der Waals surface area contributed by atoms with Crippen molar-refractivity contribution in [3.8, 4) is 0 Å². The fourth-order valence-corrected chi connectivity index (χ4v) is 0.551. The van der Waals surface area contributed by atoms with Crippen LogP contribution in [0.15, 0.2) is 12.2 Å². The molecule has 0 saturated heterocycles. The Hall–Kier alpha value is -0.590. The highest BCUT2D eigenvalue weighted by Gasteiger charge is 2.21. The van der Waals surface area contributed by atoms with E-state index in [1.165, 1.54) is 0 Å². The third kappa shape index (κ3) is 2.34. The highest BCUT2D eigenvalue weighted by molar-refractivity contribution is 5.94. The van der Waals surface area contributed by atoms with Gasteiger partial charge in [-0.05, 0) is 19.4 Å². The molecule has 0 amide bonds. The minimum atomic E-state index is -0.174. The molecule has 0 aliphatic heterocycles. The number of hydrogen-bond donors (Lipinski definition) is 0. The summed E-state index contributed by atoms with van der Waals surface area (Å²) in [4.78, 5) is 11.2. The second-order valence-electron chi connectivity index (χ2n) is 3.10. The van der Waals surface area contributed by atoms with Gasteiger partial charge in [-0.15, -0.1) is 0 Å². The van der Waals surface area contributed by atoms with E-state index in [2.05, 4.69) is 0 Å². The van der Waals surface area contributed by atoms with Gasteiger partial charge in [0, 0.05) is 5.41 Å². The fraction of sp³-hybridized carbons (Fsp3) is 0.667. The molecule has 0 radical (unpaired) electrons. The Bertz CT molecular complexity index is 143. The zero-order chi connectivity index (χ0) is 8.20. The van der Waals surface area contributed by atoms with E-state index in [-0.39, 0.29) is 11.2 Å². The number of carbonyl (C=O) groups excluding carboxylic acids is 1. The maximum absolute atomic E-state index is 11.2. The Labute approximate surface area is 63.1 Å². The van der Waals surface area contributed by atoms with Gasteiger partial charge in [0.1, 0.15) is 0 Å². The zero-order valence-electron chi connectivity index (χ0n) is 7.27. The molecule has 0 bridgehead atoms. The van der Waals surface area contributed by atoms with Crippen LogP contribution in [0.5, 0.6) is 0 Å². The maximum Gasteiger partial charge on any atom is 0.160 e. The maximum atomic E-state index is 11.2. The summed E-state index contributed by atoms with van der Waals surface area (Å²) in [7, 11) is 0. The zero-order valence-corrected chi connectivity index (χ0v) is 7.27. The van der Waals surface area contributed by atoms with Gasteiger partial charge in [0.25, 0.3) is 0 Å². The van der Waals surface area contributed by atoms with Crippen LogP contribution in [-0.4, -0.2) is 5.78 Å². The predicted molar refractivity (Wildman–Crippen MR) is 43.9 cm³/mol. The lowest BCUT2D eigenvalue weighted by Crippen LogP contribution is -2.20. The van der Waals surface area contributed by atoms with Gasteiger partial charge in [0.05, 0.1) is 0 Å². The van der Waals surface area contributed by atoms with Crippen molar-refractivity contribution >= 4 is 5.78 Å². The largest absolute Gasteiger partial charge is 0.294 e. The lowest BCUT2D eigenvalue weighted by atomic mass is 9.85. The first-order chi connectivity index (χ1) is 4.54. The van der Waals surface area contributed by atoms with Crippen LogP contribution in [0.4, 0.5) is 0 Å². The standard InChI is InChI=1S/C9H16O/c1-5-7-8(10)9(3,4)6-2/h5,7H,6H2,1-4H3/b7-5+. The lowest BCUT2D eigenvalue weighted by molar-refractivity contribution is -0.122. The van der Waals surface area contributed by atoms with E-state index in [1.54, 1.807) is 12.2 Å². The Balaban J connectivity index is 4.18. The number of ketones is 1. The van der Waals surface area contributed by atoms with Gasteiger partial charge in [-0.2, -0.15) is 0 Å². The first kappa shape index (κ1) is 9.41. The summed E-state index contributed by atoms with van der Waals surface area (Å²) in [5, 5.41) is 0. The molecule has 1 heteroatoms. The molecule has 0 aromatic heterocycles. The molecule has 10 heavy (non-hydrogen) atoms. The van der Waals surface area contributed by atoms with E-state index in [4.69, 9.17) is 0 Å². The number of hydrogen-bond acceptors (Lipinski definition) is 1. The van der Waals surface area contributed by atoms with Crippen LogP contribution >= 0.6 is 0 Å². The van der Waals surface area contributed by atoms with Crippen molar-refractivity contribution in [2.24, 2.45) is 5.41 Å². The van der Waals surface area contributed by atoms with Gasteiger partial charge in [-0.25, -0.2) is 0 Å². The highest BCUT2D eigenvalue weighted by atomic mass is 16.1. The van der Waals surface area contributed by atoms with E-state index in [9.17, 15) is 4.79 Å². The van der Waals surface area contributed by atoms with Crippen molar-refractivity contribution in [1.82, 2.24) is 0 Å². The number of carbonyl (C=O) groups is 1. The quantitative estimate of drug-likeness (QED) is 0.551. The van der Waals surface area contributed by atoms with Crippen LogP contribution in [0.3, 0.4) is 0 Å². The molecule has 0 unspecified atom stereocenters. The molecular weight excluding hydrogens is 124 g/mol. The summed E-state index contributed by atoms with van der Waals surface area (Å²) < 4.78 is 0. The van der Waals surface area contributed by atoms with Gasteiger partial charge in [-0.1, -0.05) is 26.8 Å². The average molecular weight is 140 g/mol. The van der Waals surface area contributed by atoms with Crippen LogP contribution < -0.4 is 0 Å². The molecule has 0 saturated carbocycles. The molecule has 0 aromatic carbocycles. The summed E-state index contributed by atoms with van der Waals surface area (Å²) >= 11 is 0. The molecule has 0 aromatic rings. The van der Waals surface area contributed by atoms with Gasteiger partial charge in [0.2, 0.25) is 0 Å². The molecular formula is C9H16O. The fourth-order valence-electron chi connectivity index (χ4n) is 0.551. The van der Waals surface area contributed by atoms with Crippen LogP contribution in [-0.2, 0) is 4.79 Å². The van der Waals surface area contributed by atoms with E-state index >= 15 is 0 Å². The SMILES string of the molecule is C/C=C/C(=O)C(C)(C)CC. The van der Waals surface area contributed by atoms with Crippen molar-refractivity contribution in [3.63, 3.8) is 0 Å². The van der Waals surface area contributed by atoms with Crippen molar-refractivity contribution in [3.05, 3.63) is 12.2 Å². The molecule has 1 nitrogen and oxygen atoms in total. The monoisotopic (exact) mass is 140 g/mol. The predicted octanol–water partition coefficient (Wildman–Crippen LogP) is 2.57. The molecule has 0 heterocycles. The Morgan fingerprint density at radius 1 is 1.50 bits per heavy atom. The minimum Gasteiger partial charge on any atom is -0.294 e. The minimum absolute atomic E-state index is 0.174. The van der Waals surface area contributed by atoms with E-state index < -0.39 is 0 Å². The molecule has 0 N–H and O–H groups in total. The van der Waals surface area contributed by atoms with Crippen molar-refractivity contribution < 1.29 is 4.79 Å². The number of allylic oxidation sites excluding steroid dienone is 2. The number of rotatable bonds is 3. The molecule has 0 aliphatic rings. The summed E-state index contributed by atoms with van der Waals surface area (Å²) in [5.74, 6) is 0.220. The van der Waals surface area contributed by atoms with Gasteiger partial charge < -0.3 is 0 Å². The van der Waals surface area contributed by atoms with Crippen LogP contribution in [0.25, 0.3) is 0 Å². The van der Waals surface area contributed by atoms with Crippen LogP contribution in [0, 0.1) is 5.41 Å². The summed E-state index contributed by atoms with van der Waals surface area (Å²) in [6.45, 7) is 7.83. The first-order valence-corrected chi connectivity index (χ1v) is 3.71. The molecule has 58 valence electrons. The van der Waals surface area contributed by atoms with Crippen LogP contribution in [0.1, 0.15) is 34.1 Å². The Kier molecular flexibility index (Phi) is 3.34. The van der Waals surface area contributed by atoms with Gasteiger partial charge in [-0.3, -0.25) is 4.79 Å². The van der Waals surface area contributed by atoms with Crippen LogP contribution in [0.2, 0.25) is 0 Å². The van der Waals surface area contributed by atoms with Crippen molar-refractivity contribution in [2.45, 2.75) is 34.1 Å². The lowest BCUT2D eigenvalue weighted by Gasteiger charge is -2.17. The Morgan fingerprint density at radius 2 is 2.00 bits per heavy atom. The van der Waals surface area contributed by atoms with E-state index in [1.807, 2.05) is 27.7 Å². The summed E-state index contributed by atoms with van der Waals surface area (Å²) in [6, 6.07) is 0. The Morgan fingerprint density at radius 3 is 2.30 bits per heavy atom. The van der Waals surface area contributed by atoms with E-state index in [0.717, 1.165) is 6.42 Å². The molecule has 0 spiro atoms. The topological polar surface area (TPSA) is 17.1 Å². The van der Waals surface area contributed by atoms with Crippen molar-refractivity contribution in [2.75, 3.05) is 0 Å². The molecule has 0 aliphatic carbocycles. The molecule has 0 rings (SSSR count). The summed E-state index contributed by atoms with van der Waals surface area (Å²) in [6.07, 6.45) is 4.33. The van der Waals surface area contributed by atoms with Gasteiger partial charge >= 0.3 is 0 Å².